The lowest BCUT2D eigenvalue weighted by Crippen LogP contribution is -2.12. The highest BCUT2D eigenvalue weighted by Gasteiger charge is 2.26. The van der Waals surface area contributed by atoms with E-state index in [1.807, 2.05) is 44.2 Å². The van der Waals surface area contributed by atoms with E-state index in [0.717, 1.165) is 11.1 Å². The number of carbonyl (C=O) groups excluding carboxylic acids is 1. The van der Waals surface area contributed by atoms with E-state index in [1.54, 1.807) is 13.0 Å². The Bertz CT molecular complexity index is 779. The number of hydrogen-bond donors (Lipinski definition) is 1. The molecule has 0 spiro atoms. The molecule has 0 aromatic heterocycles. The summed E-state index contributed by atoms with van der Waals surface area (Å²) in [6.45, 7) is 9.96. The Morgan fingerprint density at radius 2 is 1.88 bits per heavy atom. The van der Waals surface area contributed by atoms with Gasteiger partial charge >= 0.3 is 5.97 Å². The zero-order valence-corrected chi connectivity index (χ0v) is 15.7. The number of rotatable bonds is 8. The van der Waals surface area contributed by atoms with Crippen molar-refractivity contribution in [2.75, 3.05) is 6.61 Å². The van der Waals surface area contributed by atoms with Crippen molar-refractivity contribution in [3.63, 3.8) is 0 Å². The molecule has 4 heteroatoms. The average Bonchev–Trinajstić information content (AvgIpc) is 2.64. The van der Waals surface area contributed by atoms with Crippen molar-refractivity contribution >= 4 is 5.97 Å². The van der Waals surface area contributed by atoms with E-state index in [-0.39, 0.29) is 17.9 Å². The molecule has 2 rings (SSSR count). The average molecular weight is 354 g/mol. The third-order valence-electron chi connectivity index (χ3n) is 4.31. The van der Waals surface area contributed by atoms with Gasteiger partial charge in [-0.2, -0.15) is 0 Å². The molecule has 4 nitrogen and oxygen atoms in total. The van der Waals surface area contributed by atoms with E-state index in [1.165, 1.54) is 0 Å². The van der Waals surface area contributed by atoms with Crippen LogP contribution in [0.5, 0.6) is 11.5 Å². The van der Waals surface area contributed by atoms with Gasteiger partial charge in [-0.25, -0.2) is 4.79 Å². The van der Waals surface area contributed by atoms with E-state index in [4.69, 9.17) is 9.47 Å². The van der Waals surface area contributed by atoms with Gasteiger partial charge in [0.05, 0.1) is 6.61 Å². The lowest BCUT2D eigenvalue weighted by atomic mass is 9.92. The van der Waals surface area contributed by atoms with E-state index < -0.39 is 5.97 Å². The molecule has 0 aliphatic carbocycles. The first-order valence-corrected chi connectivity index (χ1v) is 8.87. The van der Waals surface area contributed by atoms with Crippen LogP contribution in [0.25, 0.3) is 0 Å². The molecule has 0 unspecified atom stereocenters. The number of ether oxygens (including phenoxy) is 2. The van der Waals surface area contributed by atoms with Crippen molar-refractivity contribution in [2.24, 2.45) is 0 Å². The molecular weight excluding hydrogens is 328 g/mol. The molecule has 26 heavy (non-hydrogen) atoms. The SMILES string of the molecule is C=CCc1c(O)c(C(=O)OCC)c(C)c(CC)c1OCc1ccccc1. The predicted octanol–water partition coefficient (Wildman–Crippen LogP) is 4.75. The summed E-state index contributed by atoms with van der Waals surface area (Å²) in [5, 5.41) is 10.8. The molecule has 0 aliphatic heterocycles. The first kappa shape index (κ1) is 19.6. The summed E-state index contributed by atoms with van der Waals surface area (Å²) in [6.07, 6.45) is 2.76. The minimum atomic E-state index is -0.517. The van der Waals surface area contributed by atoms with Gasteiger partial charge in [-0.3, -0.25) is 0 Å². The van der Waals surface area contributed by atoms with Gasteiger partial charge < -0.3 is 14.6 Å². The number of aromatic hydroxyl groups is 1. The molecule has 0 amide bonds. The molecule has 0 saturated heterocycles. The zero-order valence-electron chi connectivity index (χ0n) is 15.7. The maximum atomic E-state index is 12.4. The summed E-state index contributed by atoms with van der Waals surface area (Å²) in [4.78, 5) is 12.4. The molecule has 0 fully saturated rings. The first-order valence-electron chi connectivity index (χ1n) is 8.87. The smallest absolute Gasteiger partial charge is 0.342 e. The van der Waals surface area contributed by atoms with E-state index in [0.29, 0.717) is 36.3 Å². The van der Waals surface area contributed by atoms with E-state index >= 15 is 0 Å². The normalized spacial score (nSPS) is 10.4. The maximum Gasteiger partial charge on any atom is 0.342 e. The topological polar surface area (TPSA) is 55.8 Å². The van der Waals surface area contributed by atoms with Crippen molar-refractivity contribution < 1.29 is 19.4 Å². The summed E-state index contributed by atoms with van der Waals surface area (Å²) in [7, 11) is 0. The largest absolute Gasteiger partial charge is 0.507 e. The lowest BCUT2D eigenvalue weighted by Gasteiger charge is -2.21. The fourth-order valence-corrected chi connectivity index (χ4v) is 3.06. The molecule has 0 atom stereocenters. The van der Waals surface area contributed by atoms with Crippen LogP contribution in [0.3, 0.4) is 0 Å². The Morgan fingerprint density at radius 3 is 2.46 bits per heavy atom. The minimum Gasteiger partial charge on any atom is -0.507 e. The van der Waals surface area contributed by atoms with Crippen molar-refractivity contribution in [3.8, 4) is 11.5 Å². The molecular formula is C22H26O4. The van der Waals surface area contributed by atoms with Crippen molar-refractivity contribution in [1.82, 2.24) is 0 Å². The lowest BCUT2D eigenvalue weighted by molar-refractivity contribution is 0.0521. The highest BCUT2D eigenvalue weighted by atomic mass is 16.5. The molecule has 0 heterocycles. The summed E-state index contributed by atoms with van der Waals surface area (Å²) in [5.41, 5.74) is 3.41. The second kappa shape index (κ2) is 9.09. The fourth-order valence-electron chi connectivity index (χ4n) is 3.06. The van der Waals surface area contributed by atoms with Crippen LogP contribution >= 0.6 is 0 Å². The molecule has 0 aliphatic rings. The van der Waals surface area contributed by atoms with Gasteiger partial charge in [0, 0.05) is 5.56 Å². The van der Waals surface area contributed by atoms with Gasteiger partial charge in [-0.05, 0) is 43.4 Å². The number of phenolic OH excluding ortho intramolecular Hbond substituents is 1. The van der Waals surface area contributed by atoms with Gasteiger partial charge in [0.25, 0.3) is 0 Å². The van der Waals surface area contributed by atoms with Crippen LogP contribution in [-0.2, 0) is 24.2 Å². The summed E-state index contributed by atoms with van der Waals surface area (Å²) < 4.78 is 11.2. The maximum absolute atomic E-state index is 12.4. The van der Waals surface area contributed by atoms with Crippen LogP contribution in [0, 0.1) is 6.92 Å². The van der Waals surface area contributed by atoms with Crippen LogP contribution in [0.4, 0.5) is 0 Å². The monoisotopic (exact) mass is 354 g/mol. The predicted molar refractivity (Wildman–Crippen MR) is 103 cm³/mol. The van der Waals surface area contributed by atoms with Gasteiger partial charge in [-0.15, -0.1) is 6.58 Å². The molecule has 138 valence electrons. The Hall–Kier alpha value is -2.75. The second-order valence-electron chi connectivity index (χ2n) is 5.98. The van der Waals surface area contributed by atoms with E-state index in [9.17, 15) is 9.90 Å². The van der Waals surface area contributed by atoms with Crippen LogP contribution in [0.1, 0.15) is 46.5 Å². The quantitative estimate of drug-likeness (QED) is 0.549. The number of hydrogen-bond acceptors (Lipinski definition) is 4. The van der Waals surface area contributed by atoms with Gasteiger partial charge in [-0.1, -0.05) is 43.3 Å². The first-order chi connectivity index (χ1) is 12.5. The van der Waals surface area contributed by atoms with Crippen LogP contribution in [0.15, 0.2) is 43.0 Å². The second-order valence-corrected chi connectivity index (χ2v) is 5.98. The minimum absolute atomic E-state index is 0.0823. The van der Waals surface area contributed by atoms with Crippen LogP contribution in [-0.4, -0.2) is 17.7 Å². The van der Waals surface area contributed by atoms with Gasteiger partial charge in [0.2, 0.25) is 0 Å². The Labute approximate surface area is 155 Å². The third kappa shape index (κ3) is 4.07. The van der Waals surface area contributed by atoms with E-state index in [2.05, 4.69) is 6.58 Å². The Morgan fingerprint density at radius 1 is 1.19 bits per heavy atom. The van der Waals surface area contributed by atoms with Crippen molar-refractivity contribution in [1.29, 1.82) is 0 Å². The summed E-state index contributed by atoms with van der Waals surface area (Å²) >= 11 is 0. The number of benzene rings is 2. The number of allylic oxidation sites excluding steroid dienone is 1. The molecule has 1 N–H and O–H groups in total. The molecule has 0 radical (unpaired) electrons. The van der Waals surface area contributed by atoms with Crippen LogP contribution in [0.2, 0.25) is 0 Å². The number of esters is 1. The van der Waals surface area contributed by atoms with Gasteiger partial charge in [0.1, 0.15) is 23.7 Å². The fraction of sp³-hybridized carbons (Fsp3) is 0.318. The van der Waals surface area contributed by atoms with Gasteiger partial charge in [0.15, 0.2) is 0 Å². The van der Waals surface area contributed by atoms with Crippen LogP contribution < -0.4 is 4.74 Å². The van der Waals surface area contributed by atoms with Crippen molar-refractivity contribution in [3.05, 3.63) is 70.8 Å². The molecule has 2 aromatic carbocycles. The molecule has 0 saturated carbocycles. The standard InChI is InChI=1S/C22H26O4/c1-5-11-18-20(23)19(22(24)25-7-3)15(4)17(6-2)21(18)26-14-16-12-9-8-10-13-16/h5,8-10,12-13,23H,1,6-7,11,14H2,2-4H3. The zero-order chi connectivity index (χ0) is 19.1. The third-order valence-corrected chi connectivity index (χ3v) is 4.31. The molecule has 0 bridgehead atoms. The number of carbonyl (C=O) groups is 1. The van der Waals surface area contributed by atoms with Crippen molar-refractivity contribution in [2.45, 2.75) is 40.2 Å². The highest BCUT2D eigenvalue weighted by Crippen LogP contribution is 2.40. The Kier molecular flexibility index (Phi) is 6.84. The summed E-state index contributed by atoms with van der Waals surface area (Å²) in [5.74, 6) is 0.0255. The number of phenols is 1. The summed E-state index contributed by atoms with van der Waals surface area (Å²) in [6, 6.07) is 9.83. The highest BCUT2D eigenvalue weighted by molar-refractivity contribution is 5.95. The molecule has 2 aromatic rings. The Balaban J connectivity index is 2.54.